The van der Waals surface area contributed by atoms with Crippen LogP contribution in [0.15, 0.2) is 10.9 Å². The van der Waals surface area contributed by atoms with E-state index in [2.05, 4.69) is 9.72 Å². The largest absolute Gasteiger partial charge is 0.466 e. The second-order valence-electron chi connectivity index (χ2n) is 3.50. The third-order valence-corrected chi connectivity index (χ3v) is 2.20. The zero-order chi connectivity index (χ0) is 13.0. The third-order valence-electron chi connectivity index (χ3n) is 2.20. The first-order chi connectivity index (χ1) is 7.95. The smallest absolute Gasteiger partial charge is 0.310 e. The Hall–Kier alpha value is -1.72. The number of ether oxygens (including phenoxy) is 1. The van der Waals surface area contributed by atoms with Crippen LogP contribution < -0.4 is 5.56 Å². The molecule has 0 unspecified atom stereocenters. The summed E-state index contributed by atoms with van der Waals surface area (Å²) in [6.45, 7) is 3.30. The van der Waals surface area contributed by atoms with Crippen molar-refractivity contribution in [1.82, 2.24) is 4.98 Å². The molecule has 0 aromatic carbocycles. The molecule has 1 N–H and O–H groups in total. The van der Waals surface area contributed by atoms with E-state index < -0.39 is 23.6 Å². The minimum Gasteiger partial charge on any atom is -0.466 e. The van der Waals surface area contributed by atoms with Gasteiger partial charge in [-0.15, -0.1) is 0 Å². The van der Waals surface area contributed by atoms with Gasteiger partial charge in [-0.3, -0.25) is 9.59 Å². The number of aryl methyl sites for hydroxylation is 1. The second kappa shape index (κ2) is 5.56. The molecular weight excluding hydrogens is 232 g/mol. The van der Waals surface area contributed by atoms with Crippen LogP contribution in [0, 0.1) is 6.92 Å². The number of hydrogen-bond acceptors (Lipinski definition) is 3. The Balaban J connectivity index is 3.08. The van der Waals surface area contributed by atoms with Crippen LogP contribution in [0.3, 0.4) is 0 Å². The quantitative estimate of drug-likeness (QED) is 0.822. The number of alkyl halides is 2. The van der Waals surface area contributed by atoms with Crippen LogP contribution in [0.1, 0.15) is 30.2 Å². The van der Waals surface area contributed by atoms with Gasteiger partial charge < -0.3 is 9.72 Å². The van der Waals surface area contributed by atoms with Crippen molar-refractivity contribution in [3.8, 4) is 0 Å². The highest BCUT2D eigenvalue weighted by Gasteiger charge is 2.18. The summed E-state index contributed by atoms with van der Waals surface area (Å²) in [6.07, 6.45) is -3.10. The van der Waals surface area contributed by atoms with E-state index in [0.29, 0.717) is 0 Å². The molecule has 0 radical (unpaired) electrons. The molecule has 1 heterocycles. The van der Waals surface area contributed by atoms with Crippen molar-refractivity contribution in [1.29, 1.82) is 0 Å². The van der Waals surface area contributed by atoms with E-state index in [0.717, 1.165) is 0 Å². The minimum absolute atomic E-state index is 0.0931. The topological polar surface area (TPSA) is 59.2 Å². The number of esters is 1. The van der Waals surface area contributed by atoms with E-state index in [1.807, 2.05) is 0 Å². The molecule has 0 aliphatic rings. The summed E-state index contributed by atoms with van der Waals surface area (Å²) in [7, 11) is 0. The number of nitrogens with one attached hydrogen (secondary N) is 1. The van der Waals surface area contributed by atoms with Crippen molar-refractivity contribution in [3.05, 3.63) is 33.2 Å². The van der Waals surface area contributed by atoms with Gasteiger partial charge in [0, 0.05) is 5.56 Å². The molecule has 94 valence electrons. The lowest BCUT2D eigenvalue weighted by Crippen LogP contribution is -2.17. The molecule has 1 rings (SSSR count). The highest BCUT2D eigenvalue weighted by Crippen LogP contribution is 2.20. The first-order valence-electron chi connectivity index (χ1n) is 5.12. The Labute approximate surface area is 96.6 Å². The fourth-order valence-electron chi connectivity index (χ4n) is 1.41. The van der Waals surface area contributed by atoms with Gasteiger partial charge in [0.05, 0.1) is 18.7 Å². The number of aromatic amines is 1. The second-order valence-corrected chi connectivity index (χ2v) is 3.50. The molecule has 1 aromatic heterocycles. The van der Waals surface area contributed by atoms with Gasteiger partial charge in [0.1, 0.15) is 0 Å². The molecule has 0 bridgehead atoms. The molecule has 0 amide bonds. The molecule has 6 heteroatoms. The van der Waals surface area contributed by atoms with Crippen LogP contribution in [-0.2, 0) is 16.0 Å². The van der Waals surface area contributed by atoms with Gasteiger partial charge in [0.25, 0.3) is 12.0 Å². The lowest BCUT2D eigenvalue weighted by molar-refractivity contribution is -0.142. The van der Waals surface area contributed by atoms with E-state index in [1.165, 1.54) is 13.0 Å². The van der Waals surface area contributed by atoms with Crippen LogP contribution in [-0.4, -0.2) is 17.6 Å². The fourth-order valence-corrected chi connectivity index (χ4v) is 1.41. The number of hydrogen-bond donors (Lipinski definition) is 1. The van der Waals surface area contributed by atoms with Gasteiger partial charge in [0.2, 0.25) is 0 Å². The fraction of sp³-hybridized carbons (Fsp3) is 0.455. The Morgan fingerprint density at radius 3 is 2.71 bits per heavy atom. The van der Waals surface area contributed by atoms with Crippen molar-refractivity contribution in [2.45, 2.75) is 26.7 Å². The summed E-state index contributed by atoms with van der Waals surface area (Å²) < 4.78 is 30.0. The van der Waals surface area contributed by atoms with Crippen molar-refractivity contribution in [2.24, 2.45) is 0 Å². The van der Waals surface area contributed by atoms with Crippen molar-refractivity contribution in [3.63, 3.8) is 0 Å². The van der Waals surface area contributed by atoms with Crippen LogP contribution in [0.25, 0.3) is 0 Å². The van der Waals surface area contributed by atoms with Crippen molar-refractivity contribution in [2.75, 3.05) is 6.61 Å². The predicted octanol–water partition coefficient (Wildman–Crippen LogP) is 1.73. The van der Waals surface area contributed by atoms with Gasteiger partial charge in [-0.05, 0) is 25.5 Å². The van der Waals surface area contributed by atoms with Crippen LogP contribution in [0.2, 0.25) is 0 Å². The van der Waals surface area contributed by atoms with Gasteiger partial charge >= 0.3 is 5.97 Å². The molecule has 0 saturated carbocycles. The van der Waals surface area contributed by atoms with E-state index >= 15 is 0 Å². The Morgan fingerprint density at radius 1 is 1.53 bits per heavy atom. The number of carbonyl (C=O) groups is 1. The maximum atomic E-state index is 12.7. The summed E-state index contributed by atoms with van der Waals surface area (Å²) in [4.78, 5) is 24.5. The monoisotopic (exact) mass is 245 g/mol. The SMILES string of the molecule is CCOC(=O)Cc1cc(C)c(=O)[nH]c1C(F)F. The van der Waals surface area contributed by atoms with E-state index in [4.69, 9.17) is 0 Å². The minimum atomic E-state index is -2.83. The summed E-state index contributed by atoms with van der Waals surface area (Å²) in [5.74, 6) is -0.596. The number of aromatic nitrogens is 1. The number of carbonyl (C=O) groups excluding carboxylic acids is 1. The summed E-state index contributed by atoms with van der Waals surface area (Å²) in [6, 6.07) is 1.29. The summed E-state index contributed by atoms with van der Waals surface area (Å²) >= 11 is 0. The Kier molecular flexibility index (Phi) is 4.37. The molecular formula is C11H13F2NO3. The Morgan fingerprint density at radius 2 is 2.18 bits per heavy atom. The maximum Gasteiger partial charge on any atom is 0.310 e. The average Bonchev–Trinajstić information content (AvgIpc) is 2.23. The van der Waals surface area contributed by atoms with Gasteiger partial charge in [-0.25, -0.2) is 8.78 Å². The highest BCUT2D eigenvalue weighted by molar-refractivity contribution is 5.72. The average molecular weight is 245 g/mol. The molecule has 0 aliphatic carbocycles. The zero-order valence-corrected chi connectivity index (χ0v) is 9.55. The maximum absolute atomic E-state index is 12.7. The highest BCUT2D eigenvalue weighted by atomic mass is 19.3. The summed E-state index contributed by atoms with van der Waals surface area (Å²) in [5, 5.41) is 0. The third kappa shape index (κ3) is 3.37. The zero-order valence-electron chi connectivity index (χ0n) is 9.55. The lowest BCUT2D eigenvalue weighted by Gasteiger charge is -2.09. The number of pyridine rings is 1. The van der Waals surface area contributed by atoms with Crippen molar-refractivity contribution >= 4 is 5.97 Å². The van der Waals surface area contributed by atoms with Crippen molar-refractivity contribution < 1.29 is 18.3 Å². The standard InChI is InChI=1S/C11H13F2NO3/c1-3-17-8(15)5-7-4-6(2)11(16)14-9(7)10(12)13/h4,10H,3,5H2,1-2H3,(H,14,16). The van der Waals surface area contributed by atoms with Crippen LogP contribution in [0.5, 0.6) is 0 Å². The van der Waals surface area contributed by atoms with E-state index in [1.54, 1.807) is 6.92 Å². The Bertz CT molecular complexity index is 468. The normalized spacial score (nSPS) is 10.6. The molecule has 0 atom stereocenters. The first-order valence-corrected chi connectivity index (χ1v) is 5.12. The van der Waals surface area contributed by atoms with E-state index in [9.17, 15) is 18.4 Å². The van der Waals surface area contributed by atoms with Gasteiger partial charge in [-0.1, -0.05) is 0 Å². The number of halogens is 2. The molecule has 4 nitrogen and oxygen atoms in total. The predicted molar refractivity (Wildman–Crippen MR) is 57.1 cm³/mol. The van der Waals surface area contributed by atoms with Crippen LogP contribution >= 0.6 is 0 Å². The van der Waals surface area contributed by atoms with Crippen LogP contribution in [0.4, 0.5) is 8.78 Å². The first kappa shape index (κ1) is 13.3. The molecule has 17 heavy (non-hydrogen) atoms. The molecule has 0 spiro atoms. The lowest BCUT2D eigenvalue weighted by atomic mass is 10.1. The molecule has 0 aliphatic heterocycles. The van der Waals surface area contributed by atoms with Gasteiger partial charge in [-0.2, -0.15) is 0 Å². The van der Waals surface area contributed by atoms with Gasteiger partial charge in [0.15, 0.2) is 0 Å². The van der Waals surface area contributed by atoms with E-state index in [-0.39, 0.29) is 24.2 Å². The number of H-pyrrole nitrogens is 1. The molecule has 0 fully saturated rings. The number of rotatable bonds is 4. The summed E-state index contributed by atoms with van der Waals surface area (Å²) in [5.41, 5.74) is -0.717. The molecule has 1 aromatic rings. The molecule has 0 saturated heterocycles.